The molecule has 1 rings (SSSR count). The minimum atomic E-state index is -3.40. The number of hydrogen-bond acceptors (Lipinski definition) is 4. The lowest BCUT2D eigenvalue weighted by atomic mass is 10.2. The summed E-state index contributed by atoms with van der Waals surface area (Å²) in [6.45, 7) is 5.99. The first kappa shape index (κ1) is 12.9. The summed E-state index contributed by atoms with van der Waals surface area (Å²) in [6, 6.07) is 0. The molecular weight excluding hydrogens is 218 g/mol. The topological polar surface area (TPSA) is 64.6 Å². The van der Waals surface area contributed by atoms with Crippen LogP contribution in [-0.4, -0.2) is 32.5 Å². The SMILES string of the molecule is CC(C)(C)ONS(=O)(=O)CC1CCCO1. The lowest BCUT2D eigenvalue weighted by Crippen LogP contribution is -2.37. The third kappa shape index (κ3) is 5.46. The summed E-state index contributed by atoms with van der Waals surface area (Å²) in [7, 11) is -3.40. The highest BCUT2D eigenvalue weighted by molar-refractivity contribution is 7.89. The Hall–Kier alpha value is -0.170. The van der Waals surface area contributed by atoms with Crippen molar-refractivity contribution in [3.8, 4) is 0 Å². The smallest absolute Gasteiger partial charge is 0.236 e. The quantitative estimate of drug-likeness (QED) is 0.735. The van der Waals surface area contributed by atoms with E-state index in [0.717, 1.165) is 12.8 Å². The van der Waals surface area contributed by atoms with E-state index >= 15 is 0 Å². The van der Waals surface area contributed by atoms with Crippen molar-refractivity contribution in [2.75, 3.05) is 12.4 Å². The Balaban J connectivity index is 2.38. The number of hydrogen-bond donors (Lipinski definition) is 1. The van der Waals surface area contributed by atoms with Crippen molar-refractivity contribution in [2.24, 2.45) is 0 Å². The summed E-state index contributed by atoms with van der Waals surface area (Å²) in [5, 5.41) is 0. The minimum absolute atomic E-state index is 0.0247. The fourth-order valence-corrected chi connectivity index (χ4v) is 2.44. The van der Waals surface area contributed by atoms with Crippen molar-refractivity contribution in [3.05, 3.63) is 0 Å². The summed E-state index contributed by atoms with van der Waals surface area (Å²) < 4.78 is 28.3. The van der Waals surface area contributed by atoms with Crippen LogP contribution in [0.3, 0.4) is 0 Å². The molecule has 1 heterocycles. The number of rotatable bonds is 4. The van der Waals surface area contributed by atoms with Gasteiger partial charge in [-0.3, -0.25) is 4.84 Å². The normalized spacial score (nSPS) is 23.3. The van der Waals surface area contributed by atoms with Gasteiger partial charge in [0.1, 0.15) is 0 Å². The lowest BCUT2D eigenvalue weighted by molar-refractivity contribution is -0.0362. The molecule has 1 unspecified atom stereocenters. The van der Waals surface area contributed by atoms with Gasteiger partial charge in [0, 0.05) is 6.61 Å². The first-order valence-electron chi connectivity index (χ1n) is 5.08. The monoisotopic (exact) mass is 237 g/mol. The van der Waals surface area contributed by atoms with Crippen molar-refractivity contribution in [1.29, 1.82) is 0 Å². The molecule has 0 bridgehead atoms. The molecule has 1 aliphatic rings. The zero-order valence-electron chi connectivity index (χ0n) is 9.45. The summed E-state index contributed by atoms with van der Waals surface area (Å²) in [5.41, 5.74) is -0.524. The van der Waals surface area contributed by atoms with Gasteiger partial charge in [-0.2, -0.15) is 0 Å². The Bertz CT molecular complexity index is 288. The molecule has 15 heavy (non-hydrogen) atoms. The van der Waals surface area contributed by atoms with E-state index < -0.39 is 15.6 Å². The molecule has 0 aromatic heterocycles. The van der Waals surface area contributed by atoms with Gasteiger partial charge in [0.05, 0.1) is 17.5 Å². The van der Waals surface area contributed by atoms with E-state index in [-0.39, 0.29) is 11.9 Å². The number of ether oxygens (including phenoxy) is 1. The van der Waals surface area contributed by atoms with E-state index in [0.29, 0.717) is 6.61 Å². The molecule has 1 atom stereocenters. The van der Waals surface area contributed by atoms with Crippen molar-refractivity contribution in [1.82, 2.24) is 4.89 Å². The third-order valence-corrected chi connectivity index (χ3v) is 3.05. The van der Waals surface area contributed by atoms with E-state index in [1.807, 2.05) is 0 Å². The zero-order valence-corrected chi connectivity index (χ0v) is 10.3. The molecule has 0 aromatic rings. The van der Waals surface area contributed by atoms with Crippen molar-refractivity contribution in [2.45, 2.75) is 45.3 Å². The summed E-state index contributed by atoms with van der Waals surface area (Å²) >= 11 is 0. The average molecular weight is 237 g/mol. The third-order valence-electron chi connectivity index (χ3n) is 1.90. The van der Waals surface area contributed by atoms with Crippen LogP contribution in [0, 0.1) is 0 Å². The Labute approximate surface area is 91.1 Å². The maximum atomic E-state index is 11.5. The zero-order chi connectivity index (χ0) is 11.5. The molecule has 0 saturated carbocycles. The second-order valence-electron chi connectivity index (χ2n) is 4.71. The van der Waals surface area contributed by atoms with E-state index in [9.17, 15) is 8.42 Å². The van der Waals surface area contributed by atoms with Crippen LogP contribution >= 0.6 is 0 Å². The van der Waals surface area contributed by atoms with Crippen LogP contribution in [-0.2, 0) is 19.6 Å². The number of nitrogens with one attached hydrogen (secondary N) is 1. The Morgan fingerprint density at radius 1 is 1.47 bits per heavy atom. The van der Waals surface area contributed by atoms with E-state index in [2.05, 4.69) is 4.89 Å². The highest BCUT2D eigenvalue weighted by atomic mass is 32.2. The fraction of sp³-hybridized carbons (Fsp3) is 1.00. The molecular formula is C9H19NO4S. The van der Waals surface area contributed by atoms with E-state index in [1.54, 1.807) is 20.8 Å². The van der Waals surface area contributed by atoms with Gasteiger partial charge < -0.3 is 4.74 Å². The van der Waals surface area contributed by atoms with Crippen LogP contribution in [0.1, 0.15) is 33.6 Å². The molecule has 0 radical (unpaired) electrons. The Morgan fingerprint density at radius 2 is 2.13 bits per heavy atom. The second kappa shape index (κ2) is 4.78. The summed E-state index contributed by atoms with van der Waals surface area (Å²) in [4.78, 5) is 7.13. The van der Waals surface area contributed by atoms with Crippen LogP contribution in [0.25, 0.3) is 0 Å². The molecule has 90 valence electrons. The van der Waals surface area contributed by atoms with Crippen LogP contribution in [0.15, 0.2) is 0 Å². The second-order valence-corrected chi connectivity index (χ2v) is 6.44. The summed E-state index contributed by atoms with van der Waals surface area (Å²) in [5.74, 6) is -0.0247. The van der Waals surface area contributed by atoms with Gasteiger partial charge in [-0.05, 0) is 33.6 Å². The highest BCUT2D eigenvalue weighted by Gasteiger charge is 2.24. The van der Waals surface area contributed by atoms with Crippen molar-refractivity contribution >= 4 is 10.0 Å². The van der Waals surface area contributed by atoms with Crippen LogP contribution < -0.4 is 4.89 Å². The molecule has 0 spiro atoms. The first-order chi connectivity index (χ1) is 6.79. The van der Waals surface area contributed by atoms with E-state index in [4.69, 9.17) is 9.57 Å². The van der Waals surface area contributed by atoms with Gasteiger partial charge in [-0.15, -0.1) is 0 Å². The molecule has 0 aromatic carbocycles. The van der Waals surface area contributed by atoms with Gasteiger partial charge >= 0.3 is 0 Å². The molecule has 0 aliphatic carbocycles. The van der Waals surface area contributed by atoms with Gasteiger partial charge in [0.25, 0.3) is 0 Å². The maximum Gasteiger partial charge on any atom is 0.236 e. The molecule has 1 N–H and O–H groups in total. The first-order valence-corrected chi connectivity index (χ1v) is 6.73. The molecule has 6 heteroatoms. The molecule has 1 fully saturated rings. The Kier molecular flexibility index (Phi) is 4.11. The predicted molar refractivity (Wildman–Crippen MR) is 56.7 cm³/mol. The van der Waals surface area contributed by atoms with Crippen molar-refractivity contribution in [3.63, 3.8) is 0 Å². The predicted octanol–water partition coefficient (Wildman–Crippen LogP) is 0.815. The van der Waals surface area contributed by atoms with Gasteiger partial charge in [0.2, 0.25) is 10.0 Å². The summed E-state index contributed by atoms with van der Waals surface area (Å²) in [6.07, 6.45) is 1.54. The largest absolute Gasteiger partial charge is 0.377 e. The maximum absolute atomic E-state index is 11.5. The lowest BCUT2D eigenvalue weighted by Gasteiger charge is -2.20. The Morgan fingerprint density at radius 3 is 2.60 bits per heavy atom. The molecule has 1 saturated heterocycles. The van der Waals surface area contributed by atoms with Gasteiger partial charge in [-0.1, -0.05) is 4.89 Å². The van der Waals surface area contributed by atoms with Crippen LogP contribution in [0.2, 0.25) is 0 Å². The molecule has 0 amide bonds. The van der Waals surface area contributed by atoms with Crippen LogP contribution in [0.4, 0.5) is 0 Å². The van der Waals surface area contributed by atoms with E-state index in [1.165, 1.54) is 0 Å². The molecule has 5 nitrogen and oxygen atoms in total. The minimum Gasteiger partial charge on any atom is -0.377 e. The van der Waals surface area contributed by atoms with Crippen LogP contribution in [0.5, 0.6) is 0 Å². The highest BCUT2D eigenvalue weighted by Crippen LogP contribution is 2.14. The van der Waals surface area contributed by atoms with Gasteiger partial charge in [0.15, 0.2) is 0 Å². The standard InChI is InChI=1S/C9H19NO4S/c1-9(2,3)14-10-15(11,12)7-8-5-4-6-13-8/h8,10H,4-7H2,1-3H3. The van der Waals surface area contributed by atoms with Crippen molar-refractivity contribution < 1.29 is 18.0 Å². The fourth-order valence-electron chi connectivity index (χ4n) is 1.24. The van der Waals surface area contributed by atoms with Gasteiger partial charge in [-0.25, -0.2) is 8.42 Å². The average Bonchev–Trinajstić information content (AvgIpc) is 2.52. The molecule has 1 aliphatic heterocycles. The number of sulfonamides is 1.